The largest absolute Gasteiger partial charge is 0.481 e. The first-order valence-corrected chi connectivity index (χ1v) is 8.64. The molecule has 1 fully saturated rings. The van der Waals surface area contributed by atoms with Crippen molar-refractivity contribution in [2.45, 2.75) is 57.3 Å². The number of hydrogen-bond donors (Lipinski definition) is 2. The lowest BCUT2D eigenvalue weighted by Crippen LogP contribution is -2.46. The first-order valence-electron chi connectivity index (χ1n) is 8.64. The minimum atomic E-state index is -1.05. The molecular weight excluding hydrogens is 290 g/mol. The lowest BCUT2D eigenvalue weighted by atomic mass is 9.78. The molecule has 2 N–H and O–H groups in total. The average molecular weight is 317 g/mol. The van der Waals surface area contributed by atoms with Crippen LogP contribution in [0.15, 0.2) is 30.3 Å². The van der Waals surface area contributed by atoms with E-state index in [0.717, 1.165) is 12.0 Å². The molecule has 2 rings (SSSR count). The molecule has 0 aliphatic heterocycles. The summed E-state index contributed by atoms with van der Waals surface area (Å²) in [5, 5.41) is 12.6. The quantitative estimate of drug-likeness (QED) is 0.771. The molecule has 0 aromatic heterocycles. The summed E-state index contributed by atoms with van der Waals surface area (Å²) >= 11 is 0. The summed E-state index contributed by atoms with van der Waals surface area (Å²) in [6.45, 7) is 2.00. The van der Waals surface area contributed by atoms with Gasteiger partial charge >= 0.3 is 5.97 Å². The van der Waals surface area contributed by atoms with Crippen LogP contribution in [0.1, 0.15) is 57.4 Å². The highest BCUT2D eigenvalue weighted by Crippen LogP contribution is 2.29. The number of rotatable bonds is 8. The first-order chi connectivity index (χ1) is 11.1. The summed E-state index contributed by atoms with van der Waals surface area (Å²) in [5.74, 6) is -0.250. The zero-order valence-electron chi connectivity index (χ0n) is 13.9. The Hall–Kier alpha value is -1.84. The summed E-state index contributed by atoms with van der Waals surface area (Å²) in [6.07, 6.45) is 6.87. The highest BCUT2D eigenvalue weighted by Gasteiger charge is 2.38. The van der Waals surface area contributed by atoms with Crippen LogP contribution in [0.4, 0.5) is 0 Å². The molecule has 126 valence electrons. The summed E-state index contributed by atoms with van der Waals surface area (Å²) in [6, 6.07) is 9.19. The molecular formula is C19H27NO3. The van der Waals surface area contributed by atoms with Crippen LogP contribution in [0.5, 0.6) is 0 Å². The lowest BCUT2D eigenvalue weighted by Gasteiger charge is -2.29. The smallest absolute Gasteiger partial charge is 0.315 e. The van der Waals surface area contributed by atoms with Gasteiger partial charge in [0.05, 0.1) is 0 Å². The van der Waals surface area contributed by atoms with Gasteiger partial charge in [-0.2, -0.15) is 0 Å². The number of carboxylic acid groups (broad SMARTS) is 1. The molecule has 23 heavy (non-hydrogen) atoms. The van der Waals surface area contributed by atoms with Crippen LogP contribution in [0.3, 0.4) is 0 Å². The third-order valence-electron chi connectivity index (χ3n) is 5.18. The number of nitrogens with one attached hydrogen (secondary N) is 1. The predicted octanol–water partition coefficient (Wildman–Crippen LogP) is 3.51. The van der Waals surface area contributed by atoms with Gasteiger partial charge in [0.25, 0.3) is 0 Å². The van der Waals surface area contributed by atoms with E-state index < -0.39 is 11.4 Å². The number of benzene rings is 1. The van der Waals surface area contributed by atoms with E-state index in [1.165, 1.54) is 25.7 Å². The van der Waals surface area contributed by atoms with Crippen molar-refractivity contribution in [1.29, 1.82) is 0 Å². The van der Waals surface area contributed by atoms with Crippen LogP contribution in [-0.4, -0.2) is 23.5 Å². The molecule has 1 saturated carbocycles. The molecule has 4 heteroatoms. The van der Waals surface area contributed by atoms with Gasteiger partial charge in [0.15, 0.2) is 0 Å². The molecule has 4 nitrogen and oxygen atoms in total. The Balaban J connectivity index is 1.95. The molecule has 0 radical (unpaired) electrons. The number of carbonyl (C=O) groups excluding carboxylic acids is 1. The average Bonchev–Trinajstić information content (AvgIpc) is 3.08. The third kappa shape index (κ3) is 4.34. The van der Waals surface area contributed by atoms with Crippen molar-refractivity contribution < 1.29 is 14.7 Å². The fourth-order valence-electron chi connectivity index (χ4n) is 3.51. The van der Waals surface area contributed by atoms with Crippen LogP contribution >= 0.6 is 0 Å². The Bertz CT molecular complexity index is 523. The van der Waals surface area contributed by atoms with Crippen LogP contribution in [0.2, 0.25) is 0 Å². The van der Waals surface area contributed by atoms with Crippen molar-refractivity contribution in [3.63, 3.8) is 0 Å². The third-order valence-corrected chi connectivity index (χ3v) is 5.18. The van der Waals surface area contributed by atoms with E-state index in [1.807, 2.05) is 37.3 Å². The molecule has 0 spiro atoms. The van der Waals surface area contributed by atoms with Gasteiger partial charge in [-0.1, -0.05) is 62.9 Å². The van der Waals surface area contributed by atoms with Gasteiger partial charge in [-0.15, -0.1) is 0 Å². The zero-order chi connectivity index (χ0) is 16.7. The lowest BCUT2D eigenvalue weighted by molar-refractivity contribution is -0.144. The first kappa shape index (κ1) is 17.5. The number of aliphatic carboxylic acids is 1. The minimum Gasteiger partial charge on any atom is -0.481 e. The highest BCUT2D eigenvalue weighted by molar-refractivity contribution is 5.83. The van der Waals surface area contributed by atoms with Crippen molar-refractivity contribution in [3.05, 3.63) is 35.9 Å². The number of carboxylic acids is 1. The second-order valence-corrected chi connectivity index (χ2v) is 6.57. The molecule has 1 aliphatic carbocycles. The monoisotopic (exact) mass is 317 g/mol. The second-order valence-electron chi connectivity index (χ2n) is 6.57. The van der Waals surface area contributed by atoms with Crippen molar-refractivity contribution in [1.82, 2.24) is 5.32 Å². The summed E-state index contributed by atoms with van der Waals surface area (Å²) in [7, 11) is 0. The Morgan fingerprint density at radius 1 is 1.22 bits per heavy atom. The number of hydrogen-bond acceptors (Lipinski definition) is 2. The fourth-order valence-corrected chi connectivity index (χ4v) is 3.51. The van der Waals surface area contributed by atoms with E-state index in [-0.39, 0.29) is 12.5 Å². The standard InChI is InChI=1S/C19H27NO3/c1-2-19(18(22)23,16-10-4-3-5-11-16)14-20-17(21)13-12-15-8-6-7-9-15/h3-5,10-11,15H,2,6-9,12-14H2,1H3,(H,20,21)(H,22,23). The van der Waals surface area contributed by atoms with Gasteiger partial charge in [-0.3, -0.25) is 9.59 Å². The van der Waals surface area contributed by atoms with E-state index in [1.54, 1.807) is 0 Å². The summed E-state index contributed by atoms with van der Waals surface area (Å²) < 4.78 is 0. The molecule has 0 saturated heterocycles. The molecule has 1 aromatic rings. The molecule has 0 bridgehead atoms. The maximum absolute atomic E-state index is 12.1. The van der Waals surface area contributed by atoms with Crippen molar-refractivity contribution in [3.8, 4) is 0 Å². The van der Waals surface area contributed by atoms with E-state index in [0.29, 0.717) is 18.8 Å². The van der Waals surface area contributed by atoms with E-state index in [9.17, 15) is 14.7 Å². The van der Waals surface area contributed by atoms with Crippen molar-refractivity contribution in [2.24, 2.45) is 5.92 Å². The number of amides is 1. The van der Waals surface area contributed by atoms with Gasteiger partial charge < -0.3 is 10.4 Å². The van der Waals surface area contributed by atoms with E-state index >= 15 is 0 Å². The van der Waals surface area contributed by atoms with Gasteiger partial charge in [0, 0.05) is 13.0 Å². The van der Waals surface area contributed by atoms with E-state index in [4.69, 9.17) is 0 Å². The maximum atomic E-state index is 12.1. The fraction of sp³-hybridized carbons (Fsp3) is 0.579. The van der Waals surface area contributed by atoms with Crippen LogP contribution in [0.25, 0.3) is 0 Å². The van der Waals surface area contributed by atoms with E-state index in [2.05, 4.69) is 5.32 Å². The van der Waals surface area contributed by atoms with Crippen LogP contribution in [-0.2, 0) is 15.0 Å². The SMILES string of the molecule is CCC(CNC(=O)CCC1CCCC1)(C(=O)O)c1ccccc1. The maximum Gasteiger partial charge on any atom is 0.315 e. The Morgan fingerprint density at radius 2 is 1.87 bits per heavy atom. The zero-order valence-corrected chi connectivity index (χ0v) is 13.9. The molecule has 1 amide bonds. The summed E-state index contributed by atoms with van der Waals surface area (Å²) in [4.78, 5) is 24.0. The normalized spacial score (nSPS) is 17.6. The van der Waals surface area contributed by atoms with Crippen molar-refractivity contribution in [2.75, 3.05) is 6.54 Å². The molecule has 1 aliphatic rings. The second kappa shape index (κ2) is 8.14. The molecule has 1 aromatic carbocycles. The Morgan fingerprint density at radius 3 is 2.43 bits per heavy atom. The number of carbonyl (C=O) groups is 2. The summed E-state index contributed by atoms with van der Waals surface area (Å²) in [5.41, 5.74) is -0.310. The molecule has 0 heterocycles. The minimum absolute atomic E-state index is 0.0353. The predicted molar refractivity (Wildman–Crippen MR) is 90.2 cm³/mol. The Kier molecular flexibility index (Phi) is 6.20. The highest BCUT2D eigenvalue weighted by atomic mass is 16.4. The van der Waals surface area contributed by atoms with Crippen molar-refractivity contribution >= 4 is 11.9 Å². The van der Waals surface area contributed by atoms with Crippen LogP contribution < -0.4 is 5.32 Å². The Labute approximate surface area is 138 Å². The molecule has 1 atom stereocenters. The topological polar surface area (TPSA) is 66.4 Å². The van der Waals surface area contributed by atoms with Gasteiger partial charge in [0.2, 0.25) is 5.91 Å². The van der Waals surface area contributed by atoms with Crippen LogP contribution in [0, 0.1) is 5.92 Å². The van der Waals surface area contributed by atoms with Gasteiger partial charge in [0.1, 0.15) is 5.41 Å². The van der Waals surface area contributed by atoms with Gasteiger partial charge in [-0.05, 0) is 24.3 Å². The van der Waals surface area contributed by atoms with Gasteiger partial charge in [-0.25, -0.2) is 0 Å². The molecule has 1 unspecified atom stereocenters.